The lowest BCUT2D eigenvalue weighted by molar-refractivity contribution is 0.430. The van der Waals surface area contributed by atoms with Crippen LogP contribution in [-0.2, 0) is 0 Å². The fourth-order valence-corrected chi connectivity index (χ4v) is 6.83. The molecule has 1 atom stereocenters. The smallest absolute Gasteiger partial charge is 0.108 e. The van der Waals surface area contributed by atoms with Crippen molar-refractivity contribution < 1.29 is 0 Å². The van der Waals surface area contributed by atoms with Crippen molar-refractivity contribution in [2.24, 2.45) is 0 Å². The molecule has 74 valence electrons. The fourth-order valence-electron chi connectivity index (χ4n) is 1.73. The molecule has 0 saturated carbocycles. The second-order valence-corrected chi connectivity index (χ2v) is 7.68. The second kappa shape index (κ2) is 8.01. The fraction of sp³-hybridized carbons (Fsp3) is 1.00. The minimum Gasteiger partial charge on any atom is -0.326 e. The van der Waals surface area contributed by atoms with Gasteiger partial charge in [0.15, 0.2) is 0 Å². The number of hydrogen-bond acceptors (Lipinski definition) is 1. The maximum Gasteiger partial charge on any atom is 0.108 e. The van der Waals surface area contributed by atoms with Crippen LogP contribution in [0.15, 0.2) is 0 Å². The molecule has 0 aliphatic heterocycles. The molecule has 1 unspecified atom stereocenters. The first-order chi connectivity index (χ1) is 5.76. The van der Waals surface area contributed by atoms with E-state index in [1.807, 2.05) is 0 Å². The van der Waals surface area contributed by atoms with Gasteiger partial charge in [-0.1, -0.05) is 32.5 Å². The van der Waals surface area contributed by atoms with Gasteiger partial charge in [0, 0.05) is 10.2 Å². The Bertz CT molecular complexity index is 92.5. The third kappa shape index (κ3) is 5.11. The van der Waals surface area contributed by atoms with Crippen LogP contribution in [0.1, 0.15) is 26.7 Å². The van der Waals surface area contributed by atoms with Crippen LogP contribution in [0.3, 0.4) is 0 Å². The standard InChI is InChI=1S/C9H25NSi2/c1-4-6-10(7-5-2)12(3)9-8-11/h12H,4-9H2,1-3,11H3. The van der Waals surface area contributed by atoms with Gasteiger partial charge in [-0.25, -0.2) is 0 Å². The highest BCUT2D eigenvalue weighted by molar-refractivity contribution is 6.55. The molecule has 0 saturated heterocycles. The molecule has 0 aromatic rings. The second-order valence-electron chi connectivity index (χ2n) is 3.67. The number of rotatable bonds is 7. The average molecular weight is 203 g/mol. The molecule has 3 heteroatoms. The predicted octanol–water partition coefficient (Wildman–Crippen LogP) is 1.25. The molecule has 12 heavy (non-hydrogen) atoms. The Hall–Kier alpha value is 0.394. The van der Waals surface area contributed by atoms with Crippen LogP contribution >= 0.6 is 0 Å². The van der Waals surface area contributed by atoms with E-state index < -0.39 is 8.96 Å². The third-order valence-electron chi connectivity index (χ3n) is 2.35. The molecule has 0 radical (unpaired) electrons. The lowest BCUT2D eigenvalue weighted by atomic mass is 10.4. The first-order valence-corrected chi connectivity index (χ1v) is 9.40. The average Bonchev–Trinajstić information content (AvgIpc) is 2.04. The molecule has 0 N–H and O–H groups in total. The molecular formula is C9H25NSi2. The van der Waals surface area contributed by atoms with E-state index in [2.05, 4.69) is 25.0 Å². The Balaban J connectivity index is 3.72. The molecule has 0 aromatic heterocycles. The van der Waals surface area contributed by atoms with Crippen molar-refractivity contribution in [1.82, 2.24) is 4.57 Å². The van der Waals surface area contributed by atoms with Crippen LogP contribution in [0.2, 0.25) is 18.6 Å². The first-order valence-electron chi connectivity index (χ1n) is 5.50. The lowest BCUT2D eigenvalue weighted by Crippen LogP contribution is -2.37. The van der Waals surface area contributed by atoms with Gasteiger partial charge in [0.1, 0.15) is 8.96 Å². The van der Waals surface area contributed by atoms with Gasteiger partial charge in [0.05, 0.1) is 0 Å². The van der Waals surface area contributed by atoms with E-state index in [0.29, 0.717) is 0 Å². The molecular weight excluding hydrogens is 178 g/mol. The van der Waals surface area contributed by atoms with Crippen molar-refractivity contribution in [2.45, 2.75) is 45.3 Å². The Kier molecular flexibility index (Phi) is 8.28. The SMILES string of the molecule is CCCN(CCC)[SiH](C)CC[SiH3]. The van der Waals surface area contributed by atoms with Gasteiger partial charge < -0.3 is 4.57 Å². The van der Waals surface area contributed by atoms with Crippen LogP contribution in [0.5, 0.6) is 0 Å². The summed E-state index contributed by atoms with van der Waals surface area (Å²) in [6.45, 7) is 9.81. The van der Waals surface area contributed by atoms with E-state index in [9.17, 15) is 0 Å². The predicted molar refractivity (Wildman–Crippen MR) is 64.7 cm³/mol. The van der Waals surface area contributed by atoms with Crippen LogP contribution in [0.4, 0.5) is 0 Å². The quantitative estimate of drug-likeness (QED) is 0.563. The summed E-state index contributed by atoms with van der Waals surface area (Å²) < 4.78 is 2.78. The van der Waals surface area contributed by atoms with Gasteiger partial charge in [-0.05, 0) is 25.9 Å². The molecule has 0 aliphatic rings. The van der Waals surface area contributed by atoms with Crippen LogP contribution in [0.25, 0.3) is 0 Å². The van der Waals surface area contributed by atoms with Crippen molar-refractivity contribution in [1.29, 1.82) is 0 Å². The van der Waals surface area contributed by atoms with E-state index in [0.717, 1.165) is 0 Å². The molecule has 0 rings (SSSR count). The van der Waals surface area contributed by atoms with Gasteiger partial charge >= 0.3 is 0 Å². The maximum atomic E-state index is 2.78. The zero-order chi connectivity index (χ0) is 9.40. The summed E-state index contributed by atoms with van der Waals surface area (Å²) in [5, 5.41) is 0. The topological polar surface area (TPSA) is 3.24 Å². The molecule has 1 nitrogen and oxygen atoms in total. The molecule has 0 aliphatic carbocycles. The van der Waals surface area contributed by atoms with Crippen molar-refractivity contribution >= 4 is 19.2 Å². The Morgan fingerprint density at radius 2 is 1.67 bits per heavy atom. The molecule has 0 aromatic carbocycles. The highest BCUT2D eigenvalue weighted by Gasteiger charge is 2.11. The van der Waals surface area contributed by atoms with Gasteiger partial charge in [0.25, 0.3) is 0 Å². The normalized spacial score (nSPS) is 14.0. The molecule has 0 amide bonds. The summed E-state index contributed by atoms with van der Waals surface area (Å²) in [5.74, 6) is 0. The van der Waals surface area contributed by atoms with Gasteiger partial charge in [0.2, 0.25) is 0 Å². The summed E-state index contributed by atoms with van der Waals surface area (Å²) in [6.07, 6.45) is 2.66. The maximum absolute atomic E-state index is 2.78. The molecule has 0 fully saturated rings. The lowest BCUT2D eigenvalue weighted by Gasteiger charge is -2.27. The highest BCUT2D eigenvalue weighted by Crippen LogP contribution is 2.04. The summed E-state index contributed by atoms with van der Waals surface area (Å²) in [6, 6.07) is 3.06. The van der Waals surface area contributed by atoms with E-state index in [1.54, 1.807) is 6.04 Å². The van der Waals surface area contributed by atoms with E-state index in [-0.39, 0.29) is 0 Å². The number of hydrogen-bond donors (Lipinski definition) is 0. The van der Waals surface area contributed by atoms with Gasteiger partial charge in [-0.3, -0.25) is 0 Å². The van der Waals surface area contributed by atoms with Crippen LogP contribution < -0.4 is 0 Å². The minimum atomic E-state index is -0.484. The van der Waals surface area contributed by atoms with Gasteiger partial charge in [-0.15, -0.1) is 0 Å². The van der Waals surface area contributed by atoms with Crippen molar-refractivity contribution in [3.63, 3.8) is 0 Å². The van der Waals surface area contributed by atoms with E-state index >= 15 is 0 Å². The third-order valence-corrected chi connectivity index (χ3v) is 7.26. The summed E-state index contributed by atoms with van der Waals surface area (Å²) in [4.78, 5) is 0. The summed E-state index contributed by atoms with van der Waals surface area (Å²) in [7, 11) is 0.915. The van der Waals surface area contributed by atoms with E-state index in [4.69, 9.17) is 0 Å². The Morgan fingerprint density at radius 3 is 2.00 bits per heavy atom. The monoisotopic (exact) mass is 203 g/mol. The van der Waals surface area contributed by atoms with Crippen LogP contribution in [-0.4, -0.2) is 36.9 Å². The van der Waals surface area contributed by atoms with Crippen LogP contribution in [0, 0.1) is 0 Å². The first kappa shape index (κ1) is 12.4. The zero-order valence-corrected chi connectivity index (χ0v) is 12.4. The van der Waals surface area contributed by atoms with Crippen molar-refractivity contribution in [3.05, 3.63) is 0 Å². The Labute approximate surface area is 82.6 Å². The van der Waals surface area contributed by atoms with Gasteiger partial charge in [-0.2, -0.15) is 0 Å². The minimum absolute atomic E-state index is 0.484. The summed E-state index contributed by atoms with van der Waals surface area (Å²) >= 11 is 0. The molecule has 0 heterocycles. The zero-order valence-electron chi connectivity index (χ0n) is 9.27. The van der Waals surface area contributed by atoms with Crippen molar-refractivity contribution in [3.8, 4) is 0 Å². The number of nitrogens with zero attached hydrogens (tertiary/aromatic N) is 1. The Morgan fingerprint density at radius 1 is 1.17 bits per heavy atom. The highest BCUT2D eigenvalue weighted by atomic mass is 28.3. The van der Waals surface area contributed by atoms with Crippen molar-refractivity contribution in [2.75, 3.05) is 13.1 Å². The summed E-state index contributed by atoms with van der Waals surface area (Å²) in [5.41, 5.74) is 0. The largest absolute Gasteiger partial charge is 0.326 e. The molecule has 0 bridgehead atoms. The van der Waals surface area contributed by atoms with E-state index in [1.165, 1.54) is 42.2 Å². The molecule has 0 spiro atoms.